The van der Waals surface area contributed by atoms with Crippen LogP contribution in [0.4, 0.5) is 5.82 Å². The Morgan fingerprint density at radius 1 is 1.70 bits per heavy atom. The molecule has 0 bridgehead atoms. The van der Waals surface area contributed by atoms with Gasteiger partial charge in [-0.05, 0) is 12.8 Å². The van der Waals surface area contributed by atoms with Gasteiger partial charge in [-0.3, -0.25) is 5.10 Å². The summed E-state index contributed by atoms with van der Waals surface area (Å²) >= 11 is 0. The molecule has 4 nitrogen and oxygen atoms in total. The van der Waals surface area contributed by atoms with Crippen molar-refractivity contribution in [2.24, 2.45) is 5.84 Å². The molecule has 1 heterocycles. The molecule has 4 N–H and O–H groups in total. The van der Waals surface area contributed by atoms with Crippen LogP contribution in [0.1, 0.15) is 24.5 Å². The lowest BCUT2D eigenvalue weighted by Crippen LogP contribution is -2.06. The van der Waals surface area contributed by atoms with Gasteiger partial charge in [-0.2, -0.15) is 5.10 Å². The van der Waals surface area contributed by atoms with Gasteiger partial charge < -0.3 is 5.43 Å². The lowest BCUT2D eigenvalue weighted by molar-refractivity contribution is 0.964. The Bertz CT molecular complexity index is 225. The second-order valence-electron chi connectivity index (χ2n) is 2.63. The number of nitrogens with one attached hydrogen (secondary N) is 2. The number of nitrogen functional groups attached to an aromatic ring is 1. The molecule has 0 aliphatic heterocycles. The summed E-state index contributed by atoms with van der Waals surface area (Å²) in [4.78, 5) is 0. The predicted octanol–water partition coefficient (Wildman–Crippen LogP) is 0.573. The first kappa shape index (κ1) is 5.73. The van der Waals surface area contributed by atoms with Gasteiger partial charge in [0.1, 0.15) is 5.82 Å². The predicted molar refractivity (Wildman–Crippen MR) is 38.4 cm³/mol. The Labute approximate surface area is 58.8 Å². The van der Waals surface area contributed by atoms with Crippen LogP contribution < -0.4 is 11.3 Å². The average Bonchev–Trinajstić information content (AvgIpc) is 2.70. The summed E-state index contributed by atoms with van der Waals surface area (Å²) in [6, 6.07) is 1.96. The molecule has 54 valence electrons. The van der Waals surface area contributed by atoms with Crippen molar-refractivity contribution in [2.75, 3.05) is 5.43 Å². The largest absolute Gasteiger partial charge is 0.309 e. The Morgan fingerprint density at radius 3 is 3.00 bits per heavy atom. The van der Waals surface area contributed by atoms with E-state index in [2.05, 4.69) is 15.6 Å². The molecule has 0 unspecified atom stereocenters. The number of hydrogen-bond donors (Lipinski definition) is 3. The van der Waals surface area contributed by atoms with Crippen molar-refractivity contribution >= 4 is 5.82 Å². The maximum atomic E-state index is 5.16. The van der Waals surface area contributed by atoms with E-state index in [0.717, 1.165) is 11.5 Å². The molecular formula is C6H10N4. The van der Waals surface area contributed by atoms with Crippen LogP contribution in [0.3, 0.4) is 0 Å². The molecule has 0 saturated heterocycles. The topological polar surface area (TPSA) is 66.7 Å². The fraction of sp³-hybridized carbons (Fsp3) is 0.500. The lowest BCUT2D eigenvalue weighted by Gasteiger charge is -1.87. The van der Waals surface area contributed by atoms with Crippen molar-refractivity contribution in [2.45, 2.75) is 18.8 Å². The van der Waals surface area contributed by atoms with Gasteiger partial charge in [0.25, 0.3) is 0 Å². The normalized spacial score (nSPS) is 17.3. The maximum absolute atomic E-state index is 5.16. The molecule has 1 fully saturated rings. The monoisotopic (exact) mass is 138 g/mol. The van der Waals surface area contributed by atoms with Crippen LogP contribution in [-0.4, -0.2) is 10.2 Å². The van der Waals surface area contributed by atoms with Gasteiger partial charge in [-0.15, -0.1) is 0 Å². The highest BCUT2D eigenvalue weighted by molar-refractivity contribution is 5.35. The zero-order valence-electron chi connectivity index (χ0n) is 5.59. The molecule has 2 rings (SSSR count). The number of aromatic nitrogens is 2. The minimum absolute atomic E-state index is 0.693. The van der Waals surface area contributed by atoms with Gasteiger partial charge in [0, 0.05) is 12.0 Å². The molecule has 0 amide bonds. The first-order valence-corrected chi connectivity index (χ1v) is 3.42. The molecule has 0 radical (unpaired) electrons. The fourth-order valence-corrected chi connectivity index (χ4v) is 0.999. The van der Waals surface area contributed by atoms with Crippen molar-refractivity contribution in [3.05, 3.63) is 11.8 Å². The van der Waals surface area contributed by atoms with Gasteiger partial charge >= 0.3 is 0 Å². The quantitative estimate of drug-likeness (QED) is 0.413. The highest BCUT2D eigenvalue weighted by Gasteiger charge is 2.25. The Balaban J connectivity index is 2.19. The number of anilines is 1. The van der Waals surface area contributed by atoms with Crippen molar-refractivity contribution < 1.29 is 0 Å². The van der Waals surface area contributed by atoms with Crippen molar-refractivity contribution in [3.63, 3.8) is 0 Å². The van der Waals surface area contributed by atoms with Crippen LogP contribution in [0.25, 0.3) is 0 Å². The number of H-pyrrole nitrogens is 1. The van der Waals surface area contributed by atoms with Crippen LogP contribution in [-0.2, 0) is 0 Å². The molecule has 0 spiro atoms. The van der Waals surface area contributed by atoms with Crippen LogP contribution in [0, 0.1) is 0 Å². The van der Waals surface area contributed by atoms with E-state index in [4.69, 9.17) is 5.84 Å². The van der Waals surface area contributed by atoms with E-state index >= 15 is 0 Å². The molecule has 1 aromatic heterocycles. The number of rotatable bonds is 2. The number of nitrogens with two attached hydrogens (primary N) is 1. The summed E-state index contributed by atoms with van der Waals surface area (Å²) in [7, 11) is 0. The molecule has 1 saturated carbocycles. The van der Waals surface area contributed by atoms with Crippen LogP contribution in [0.15, 0.2) is 6.07 Å². The summed E-state index contributed by atoms with van der Waals surface area (Å²) < 4.78 is 0. The van der Waals surface area contributed by atoms with Crippen molar-refractivity contribution in [1.82, 2.24) is 10.2 Å². The first-order chi connectivity index (χ1) is 4.90. The van der Waals surface area contributed by atoms with Gasteiger partial charge in [-0.25, -0.2) is 5.84 Å². The summed E-state index contributed by atoms with van der Waals surface area (Å²) in [6.07, 6.45) is 2.55. The molecule has 4 heteroatoms. The average molecular weight is 138 g/mol. The third-order valence-electron chi connectivity index (χ3n) is 1.75. The molecule has 1 aliphatic rings. The standard InChI is InChI=1S/C6H10N4/c7-8-6-3-5(9-10-6)4-1-2-4/h3-4H,1-2,7H2,(H2,8,9,10). The lowest BCUT2D eigenvalue weighted by atomic mass is 10.3. The van der Waals surface area contributed by atoms with Crippen molar-refractivity contribution in [1.29, 1.82) is 0 Å². The van der Waals surface area contributed by atoms with Gasteiger partial charge in [0.2, 0.25) is 0 Å². The Kier molecular flexibility index (Phi) is 1.14. The van der Waals surface area contributed by atoms with E-state index in [1.807, 2.05) is 6.07 Å². The van der Waals surface area contributed by atoms with Crippen LogP contribution in [0.2, 0.25) is 0 Å². The molecule has 0 aromatic carbocycles. The maximum Gasteiger partial charge on any atom is 0.135 e. The SMILES string of the molecule is NNc1cc(C2CC2)n[nH]1. The van der Waals surface area contributed by atoms with Crippen LogP contribution >= 0.6 is 0 Å². The molecule has 10 heavy (non-hydrogen) atoms. The smallest absolute Gasteiger partial charge is 0.135 e. The van der Waals surface area contributed by atoms with E-state index < -0.39 is 0 Å². The van der Waals surface area contributed by atoms with Crippen molar-refractivity contribution in [3.8, 4) is 0 Å². The van der Waals surface area contributed by atoms with E-state index in [9.17, 15) is 0 Å². The summed E-state index contributed by atoms with van der Waals surface area (Å²) in [5.41, 5.74) is 3.64. The zero-order valence-corrected chi connectivity index (χ0v) is 5.59. The third kappa shape index (κ3) is 0.863. The number of nitrogens with zero attached hydrogens (tertiary/aromatic N) is 1. The number of hydrazine groups is 1. The Morgan fingerprint density at radius 2 is 2.50 bits per heavy atom. The molecule has 0 atom stereocenters. The van der Waals surface area contributed by atoms with Gasteiger partial charge in [0.15, 0.2) is 0 Å². The molecular weight excluding hydrogens is 128 g/mol. The highest BCUT2D eigenvalue weighted by Crippen LogP contribution is 2.39. The van der Waals surface area contributed by atoms with Gasteiger partial charge in [0.05, 0.1) is 5.69 Å². The molecule has 1 aromatic rings. The van der Waals surface area contributed by atoms with E-state index in [0.29, 0.717) is 5.92 Å². The van der Waals surface area contributed by atoms with Gasteiger partial charge in [-0.1, -0.05) is 0 Å². The zero-order chi connectivity index (χ0) is 6.97. The Hall–Kier alpha value is -1.03. The highest BCUT2D eigenvalue weighted by atomic mass is 15.3. The summed E-state index contributed by atoms with van der Waals surface area (Å²) in [5, 5.41) is 6.87. The summed E-state index contributed by atoms with van der Waals surface area (Å²) in [5.74, 6) is 6.65. The third-order valence-corrected chi connectivity index (χ3v) is 1.75. The first-order valence-electron chi connectivity index (χ1n) is 3.42. The second-order valence-corrected chi connectivity index (χ2v) is 2.63. The van der Waals surface area contributed by atoms with Crippen LogP contribution in [0.5, 0.6) is 0 Å². The number of hydrogen-bond acceptors (Lipinski definition) is 3. The van der Waals surface area contributed by atoms with E-state index in [1.165, 1.54) is 12.8 Å². The molecule has 1 aliphatic carbocycles. The summed E-state index contributed by atoms with van der Waals surface area (Å²) in [6.45, 7) is 0. The second kappa shape index (κ2) is 1.98. The van der Waals surface area contributed by atoms with E-state index in [1.54, 1.807) is 0 Å². The van der Waals surface area contributed by atoms with E-state index in [-0.39, 0.29) is 0 Å². The fourth-order valence-electron chi connectivity index (χ4n) is 0.999. The minimum Gasteiger partial charge on any atom is -0.309 e. The minimum atomic E-state index is 0.693. The number of aromatic amines is 1.